The first-order valence-electron chi connectivity index (χ1n) is 9.82. The van der Waals surface area contributed by atoms with Crippen LogP contribution in [-0.2, 0) is 11.2 Å². The smallest absolute Gasteiger partial charge is 0.123 e. The van der Waals surface area contributed by atoms with Gasteiger partial charge in [0.25, 0.3) is 0 Å². The number of hydrogen-bond donors (Lipinski definition) is 0. The number of methoxy groups -OCH3 is 1. The average molecular weight is 349 g/mol. The fourth-order valence-corrected chi connectivity index (χ4v) is 4.61. The lowest BCUT2D eigenvalue weighted by Crippen LogP contribution is -2.52. The summed E-state index contributed by atoms with van der Waals surface area (Å²) in [6, 6.07) is 8.40. The highest BCUT2D eigenvalue weighted by molar-refractivity contribution is 5.17. The molecule has 2 aliphatic rings. The van der Waals surface area contributed by atoms with Gasteiger partial charge in [0, 0.05) is 38.2 Å². The highest BCUT2D eigenvalue weighted by Gasteiger charge is 2.34. The maximum absolute atomic E-state index is 13.5. The van der Waals surface area contributed by atoms with E-state index in [0.29, 0.717) is 18.0 Å². The zero-order valence-corrected chi connectivity index (χ0v) is 16.0. The molecule has 1 aromatic carbocycles. The van der Waals surface area contributed by atoms with Crippen molar-refractivity contribution >= 4 is 0 Å². The van der Waals surface area contributed by atoms with Crippen molar-refractivity contribution in [1.82, 2.24) is 9.80 Å². The van der Waals surface area contributed by atoms with E-state index in [1.54, 1.807) is 6.07 Å². The molecule has 0 aromatic heterocycles. The van der Waals surface area contributed by atoms with E-state index >= 15 is 0 Å². The highest BCUT2D eigenvalue weighted by atomic mass is 19.1. The zero-order chi connectivity index (χ0) is 17.8. The van der Waals surface area contributed by atoms with E-state index in [0.717, 1.165) is 31.5 Å². The standard InChI is InChI=1S/C21H33FN2O/c1-16(2)23-10-7-20(8-11-23)24-12-9-21(25-3)18(15-24)13-17-5-4-6-19(22)14-17/h4-6,14,16,18,20-21H,7-13,15H2,1-3H3/t18-,21-/m1/s1. The van der Waals surface area contributed by atoms with Crippen LogP contribution in [0.5, 0.6) is 0 Å². The Balaban J connectivity index is 1.60. The molecule has 4 heteroatoms. The molecule has 2 heterocycles. The van der Waals surface area contributed by atoms with Gasteiger partial charge in [-0.25, -0.2) is 4.39 Å². The first-order valence-corrected chi connectivity index (χ1v) is 9.82. The average Bonchev–Trinajstić information content (AvgIpc) is 2.62. The number of halogens is 1. The Kier molecular flexibility index (Phi) is 6.48. The van der Waals surface area contributed by atoms with Crippen LogP contribution in [0.15, 0.2) is 24.3 Å². The third-order valence-electron chi connectivity index (χ3n) is 6.13. The quantitative estimate of drug-likeness (QED) is 0.809. The predicted octanol–water partition coefficient (Wildman–Crippen LogP) is 3.58. The summed E-state index contributed by atoms with van der Waals surface area (Å²) in [5, 5.41) is 0. The third-order valence-corrected chi connectivity index (χ3v) is 6.13. The second kappa shape index (κ2) is 8.61. The minimum absolute atomic E-state index is 0.139. The monoisotopic (exact) mass is 348 g/mol. The van der Waals surface area contributed by atoms with Gasteiger partial charge in [0.05, 0.1) is 6.10 Å². The lowest BCUT2D eigenvalue weighted by molar-refractivity contribution is -0.0282. The first kappa shape index (κ1) is 18.8. The van der Waals surface area contributed by atoms with Crippen molar-refractivity contribution in [1.29, 1.82) is 0 Å². The summed E-state index contributed by atoms with van der Waals surface area (Å²) in [7, 11) is 1.82. The Bertz CT molecular complexity index is 542. The van der Waals surface area contributed by atoms with Gasteiger partial charge >= 0.3 is 0 Å². The second-order valence-corrected chi connectivity index (χ2v) is 8.01. The van der Waals surface area contributed by atoms with Gasteiger partial charge in [-0.3, -0.25) is 4.90 Å². The van der Waals surface area contributed by atoms with Crippen LogP contribution in [0, 0.1) is 11.7 Å². The lowest BCUT2D eigenvalue weighted by Gasteiger charge is -2.45. The van der Waals surface area contributed by atoms with Gasteiger partial charge in [0.2, 0.25) is 0 Å². The van der Waals surface area contributed by atoms with Gasteiger partial charge < -0.3 is 9.64 Å². The van der Waals surface area contributed by atoms with Gasteiger partial charge in [-0.05, 0) is 70.3 Å². The van der Waals surface area contributed by atoms with Crippen LogP contribution >= 0.6 is 0 Å². The minimum atomic E-state index is -0.139. The van der Waals surface area contributed by atoms with Crippen LogP contribution < -0.4 is 0 Å². The van der Waals surface area contributed by atoms with Gasteiger partial charge in [-0.2, -0.15) is 0 Å². The van der Waals surface area contributed by atoms with E-state index in [-0.39, 0.29) is 11.9 Å². The summed E-state index contributed by atoms with van der Waals surface area (Å²) in [5.74, 6) is 0.309. The second-order valence-electron chi connectivity index (χ2n) is 8.01. The zero-order valence-electron chi connectivity index (χ0n) is 16.0. The Hall–Kier alpha value is -0.970. The Labute approximate surface area is 152 Å². The molecule has 0 radical (unpaired) electrons. The van der Waals surface area contributed by atoms with Gasteiger partial charge in [-0.1, -0.05) is 12.1 Å². The fraction of sp³-hybridized carbons (Fsp3) is 0.714. The molecule has 0 bridgehead atoms. The molecule has 3 rings (SSSR count). The van der Waals surface area contributed by atoms with E-state index < -0.39 is 0 Å². The Morgan fingerprint density at radius 1 is 1.16 bits per heavy atom. The summed E-state index contributed by atoms with van der Waals surface area (Å²) in [6.45, 7) is 9.20. The maximum atomic E-state index is 13.5. The Morgan fingerprint density at radius 2 is 1.92 bits per heavy atom. The normalized spacial score (nSPS) is 27.1. The summed E-state index contributed by atoms with van der Waals surface area (Å²) in [6.07, 6.45) is 4.80. The summed E-state index contributed by atoms with van der Waals surface area (Å²) >= 11 is 0. The van der Waals surface area contributed by atoms with Crippen molar-refractivity contribution < 1.29 is 9.13 Å². The third kappa shape index (κ3) is 4.81. The first-order chi connectivity index (χ1) is 12.1. The molecule has 1 aromatic rings. The van der Waals surface area contributed by atoms with Gasteiger partial charge in [-0.15, -0.1) is 0 Å². The topological polar surface area (TPSA) is 15.7 Å². The molecule has 0 amide bonds. The molecular weight excluding hydrogens is 315 g/mol. The van der Waals surface area contributed by atoms with E-state index in [9.17, 15) is 4.39 Å². The van der Waals surface area contributed by atoms with Crippen LogP contribution in [0.3, 0.4) is 0 Å². The van der Waals surface area contributed by atoms with Gasteiger partial charge in [0.15, 0.2) is 0 Å². The molecule has 0 saturated carbocycles. The van der Waals surface area contributed by atoms with Crippen LogP contribution in [0.2, 0.25) is 0 Å². The molecule has 0 N–H and O–H groups in total. The van der Waals surface area contributed by atoms with Crippen molar-refractivity contribution in [3.63, 3.8) is 0 Å². The molecule has 25 heavy (non-hydrogen) atoms. The van der Waals surface area contributed by atoms with Crippen molar-refractivity contribution in [2.75, 3.05) is 33.3 Å². The van der Waals surface area contributed by atoms with Crippen molar-refractivity contribution in [2.45, 2.75) is 57.7 Å². The summed E-state index contributed by atoms with van der Waals surface area (Å²) in [4.78, 5) is 5.26. The fourth-order valence-electron chi connectivity index (χ4n) is 4.61. The maximum Gasteiger partial charge on any atom is 0.123 e. The van der Waals surface area contributed by atoms with Crippen LogP contribution in [-0.4, -0.2) is 61.3 Å². The molecule has 3 nitrogen and oxygen atoms in total. The minimum Gasteiger partial charge on any atom is -0.381 e. The summed E-state index contributed by atoms with van der Waals surface area (Å²) < 4.78 is 19.3. The lowest BCUT2D eigenvalue weighted by atomic mass is 9.86. The number of rotatable bonds is 5. The number of likely N-dealkylation sites (tertiary alicyclic amines) is 2. The molecule has 140 valence electrons. The SMILES string of the molecule is CO[C@@H]1CCN(C2CCN(C(C)C)CC2)C[C@H]1Cc1cccc(F)c1. The predicted molar refractivity (Wildman–Crippen MR) is 100 cm³/mol. The van der Waals surface area contributed by atoms with Crippen molar-refractivity contribution in [2.24, 2.45) is 5.92 Å². The molecule has 2 aliphatic heterocycles. The number of piperidine rings is 2. The van der Waals surface area contributed by atoms with E-state index in [4.69, 9.17) is 4.74 Å². The number of nitrogens with zero attached hydrogens (tertiary/aromatic N) is 2. The molecule has 2 saturated heterocycles. The van der Waals surface area contributed by atoms with Crippen molar-refractivity contribution in [3.05, 3.63) is 35.6 Å². The van der Waals surface area contributed by atoms with Crippen LogP contribution in [0.25, 0.3) is 0 Å². The number of ether oxygens (including phenoxy) is 1. The van der Waals surface area contributed by atoms with E-state index in [1.807, 2.05) is 19.2 Å². The molecular formula is C21H33FN2O. The number of hydrogen-bond acceptors (Lipinski definition) is 3. The highest BCUT2D eigenvalue weighted by Crippen LogP contribution is 2.28. The molecule has 0 spiro atoms. The Morgan fingerprint density at radius 3 is 2.56 bits per heavy atom. The van der Waals surface area contributed by atoms with Crippen molar-refractivity contribution in [3.8, 4) is 0 Å². The number of benzene rings is 1. The van der Waals surface area contributed by atoms with E-state index in [1.165, 1.54) is 32.0 Å². The van der Waals surface area contributed by atoms with Gasteiger partial charge in [0.1, 0.15) is 5.82 Å². The molecule has 2 atom stereocenters. The summed E-state index contributed by atoms with van der Waals surface area (Å²) in [5.41, 5.74) is 1.09. The van der Waals surface area contributed by atoms with Crippen LogP contribution in [0.4, 0.5) is 4.39 Å². The van der Waals surface area contributed by atoms with Crippen LogP contribution in [0.1, 0.15) is 38.7 Å². The molecule has 0 aliphatic carbocycles. The molecule has 0 unspecified atom stereocenters. The largest absolute Gasteiger partial charge is 0.381 e. The molecule has 2 fully saturated rings. The van der Waals surface area contributed by atoms with E-state index in [2.05, 4.69) is 23.6 Å².